The highest BCUT2D eigenvalue weighted by Gasteiger charge is 2.01. The molecule has 0 radical (unpaired) electrons. The zero-order chi connectivity index (χ0) is 13.0. The number of primary amides is 1. The summed E-state index contributed by atoms with van der Waals surface area (Å²) < 4.78 is 0.938. The molecule has 0 bridgehead atoms. The van der Waals surface area contributed by atoms with E-state index in [2.05, 4.69) is 26.2 Å². The van der Waals surface area contributed by atoms with Crippen molar-refractivity contribution in [1.82, 2.24) is 4.98 Å². The number of pyridine rings is 1. The third-order valence-electron chi connectivity index (χ3n) is 2.41. The maximum absolute atomic E-state index is 11.1. The zero-order valence-corrected chi connectivity index (χ0v) is 11.1. The van der Waals surface area contributed by atoms with Crippen LogP contribution in [-0.2, 0) is 6.54 Å². The van der Waals surface area contributed by atoms with Crippen molar-refractivity contribution in [3.8, 4) is 0 Å². The summed E-state index contributed by atoms with van der Waals surface area (Å²) in [5.41, 5.74) is 7.62. The molecule has 0 aliphatic heterocycles. The van der Waals surface area contributed by atoms with Gasteiger partial charge in [0.05, 0.1) is 0 Å². The lowest BCUT2D eigenvalue weighted by Crippen LogP contribution is -2.11. The van der Waals surface area contributed by atoms with Crippen molar-refractivity contribution in [1.29, 1.82) is 0 Å². The Morgan fingerprint density at radius 1 is 1.33 bits per heavy atom. The van der Waals surface area contributed by atoms with Crippen LogP contribution in [0.5, 0.6) is 0 Å². The molecule has 2 aromatic rings. The predicted octanol–water partition coefficient (Wildman–Crippen LogP) is 2.56. The number of nitrogens with two attached hydrogens (primary N) is 1. The van der Waals surface area contributed by atoms with Gasteiger partial charge in [-0.3, -0.25) is 9.78 Å². The number of nitrogens with one attached hydrogen (secondary N) is 1. The molecule has 4 nitrogen and oxygen atoms in total. The van der Waals surface area contributed by atoms with Crippen LogP contribution in [0.15, 0.2) is 47.2 Å². The molecule has 1 amide bonds. The number of carbonyl (C=O) groups is 1. The van der Waals surface area contributed by atoms with Gasteiger partial charge in [0.2, 0.25) is 5.91 Å². The summed E-state index contributed by atoms with van der Waals surface area (Å²) in [5, 5.41) is 3.21. The Morgan fingerprint density at radius 2 is 2.17 bits per heavy atom. The van der Waals surface area contributed by atoms with Crippen LogP contribution in [0.25, 0.3) is 0 Å². The van der Waals surface area contributed by atoms with Crippen molar-refractivity contribution < 1.29 is 4.79 Å². The van der Waals surface area contributed by atoms with Gasteiger partial charge in [-0.25, -0.2) is 0 Å². The SMILES string of the molecule is NC(=O)c1cccc(NCc2cncc(Br)c2)c1. The topological polar surface area (TPSA) is 68.0 Å². The van der Waals surface area contributed by atoms with Crippen LogP contribution in [0, 0.1) is 0 Å². The molecule has 0 saturated heterocycles. The fourth-order valence-electron chi connectivity index (χ4n) is 1.54. The van der Waals surface area contributed by atoms with E-state index in [1.54, 1.807) is 30.6 Å². The summed E-state index contributed by atoms with van der Waals surface area (Å²) in [4.78, 5) is 15.1. The van der Waals surface area contributed by atoms with Gasteiger partial charge in [-0.2, -0.15) is 0 Å². The van der Waals surface area contributed by atoms with Gasteiger partial charge in [-0.15, -0.1) is 0 Å². The van der Waals surface area contributed by atoms with E-state index in [4.69, 9.17) is 5.73 Å². The zero-order valence-electron chi connectivity index (χ0n) is 9.56. The molecule has 2 rings (SSSR count). The summed E-state index contributed by atoms with van der Waals surface area (Å²) in [5.74, 6) is -0.428. The molecule has 92 valence electrons. The molecule has 0 atom stereocenters. The normalized spacial score (nSPS) is 10.1. The van der Waals surface area contributed by atoms with E-state index in [9.17, 15) is 4.79 Å². The molecule has 18 heavy (non-hydrogen) atoms. The Morgan fingerprint density at radius 3 is 2.89 bits per heavy atom. The number of nitrogens with zero attached hydrogens (tertiary/aromatic N) is 1. The molecule has 0 saturated carbocycles. The fourth-order valence-corrected chi connectivity index (χ4v) is 1.95. The molecular weight excluding hydrogens is 294 g/mol. The summed E-state index contributed by atoms with van der Waals surface area (Å²) >= 11 is 3.37. The van der Waals surface area contributed by atoms with Gasteiger partial charge >= 0.3 is 0 Å². The number of hydrogen-bond donors (Lipinski definition) is 2. The molecule has 1 aromatic carbocycles. The highest BCUT2D eigenvalue weighted by Crippen LogP contribution is 2.14. The maximum Gasteiger partial charge on any atom is 0.248 e. The minimum atomic E-state index is -0.428. The molecule has 0 fully saturated rings. The number of halogens is 1. The van der Waals surface area contributed by atoms with Crippen LogP contribution >= 0.6 is 15.9 Å². The van der Waals surface area contributed by atoms with Gasteiger partial charge < -0.3 is 11.1 Å². The Labute approximate surface area is 113 Å². The Balaban J connectivity index is 2.06. The van der Waals surface area contributed by atoms with Crippen molar-refractivity contribution in [3.63, 3.8) is 0 Å². The van der Waals surface area contributed by atoms with E-state index in [0.717, 1.165) is 15.7 Å². The average molecular weight is 306 g/mol. The van der Waals surface area contributed by atoms with E-state index in [-0.39, 0.29) is 0 Å². The third-order valence-corrected chi connectivity index (χ3v) is 2.84. The minimum Gasteiger partial charge on any atom is -0.381 e. The molecule has 0 spiro atoms. The van der Waals surface area contributed by atoms with Crippen LogP contribution in [0.3, 0.4) is 0 Å². The van der Waals surface area contributed by atoms with Crippen molar-refractivity contribution in [2.75, 3.05) is 5.32 Å². The molecule has 1 aromatic heterocycles. The largest absolute Gasteiger partial charge is 0.381 e. The van der Waals surface area contributed by atoms with E-state index in [1.165, 1.54) is 0 Å². The van der Waals surface area contributed by atoms with Crippen LogP contribution in [0.1, 0.15) is 15.9 Å². The Kier molecular flexibility index (Phi) is 3.94. The first-order chi connectivity index (χ1) is 8.65. The molecular formula is C13H12BrN3O. The van der Waals surface area contributed by atoms with Crippen LogP contribution in [-0.4, -0.2) is 10.9 Å². The number of benzene rings is 1. The van der Waals surface area contributed by atoms with Crippen molar-refractivity contribution in [2.45, 2.75) is 6.54 Å². The quantitative estimate of drug-likeness (QED) is 0.912. The monoisotopic (exact) mass is 305 g/mol. The maximum atomic E-state index is 11.1. The lowest BCUT2D eigenvalue weighted by molar-refractivity contribution is 0.100. The van der Waals surface area contributed by atoms with E-state index >= 15 is 0 Å². The number of hydrogen-bond acceptors (Lipinski definition) is 3. The van der Waals surface area contributed by atoms with Gasteiger partial charge in [0, 0.05) is 34.7 Å². The number of amides is 1. The van der Waals surface area contributed by atoms with Gasteiger partial charge in [-0.05, 0) is 45.8 Å². The lowest BCUT2D eigenvalue weighted by atomic mass is 10.2. The average Bonchev–Trinajstić information content (AvgIpc) is 2.37. The Bertz CT molecular complexity index is 572. The second-order valence-corrected chi connectivity index (χ2v) is 4.73. The van der Waals surface area contributed by atoms with Crippen molar-refractivity contribution >= 4 is 27.5 Å². The van der Waals surface area contributed by atoms with Crippen LogP contribution < -0.4 is 11.1 Å². The highest BCUT2D eigenvalue weighted by atomic mass is 79.9. The van der Waals surface area contributed by atoms with E-state index < -0.39 is 5.91 Å². The van der Waals surface area contributed by atoms with Gasteiger partial charge in [0.15, 0.2) is 0 Å². The minimum absolute atomic E-state index is 0.428. The summed E-state index contributed by atoms with van der Waals surface area (Å²) in [7, 11) is 0. The van der Waals surface area contributed by atoms with E-state index in [0.29, 0.717) is 12.1 Å². The second-order valence-electron chi connectivity index (χ2n) is 3.81. The van der Waals surface area contributed by atoms with Gasteiger partial charge in [0.1, 0.15) is 0 Å². The summed E-state index contributed by atoms with van der Waals surface area (Å²) in [6.45, 7) is 0.634. The first kappa shape index (κ1) is 12.6. The van der Waals surface area contributed by atoms with Gasteiger partial charge in [0.25, 0.3) is 0 Å². The summed E-state index contributed by atoms with van der Waals surface area (Å²) in [6, 6.07) is 9.08. The Hall–Kier alpha value is -1.88. The first-order valence-electron chi connectivity index (χ1n) is 5.38. The molecule has 0 aliphatic carbocycles. The smallest absolute Gasteiger partial charge is 0.248 e. The van der Waals surface area contributed by atoms with Crippen LogP contribution in [0.4, 0.5) is 5.69 Å². The molecule has 0 aliphatic rings. The molecule has 1 heterocycles. The van der Waals surface area contributed by atoms with Gasteiger partial charge in [-0.1, -0.05) is 6.07 Å². The van der Waals surface area contributed by atoms with Crippen molar-refractivity contribution in [2.24, 2.45) is 5.73 Å². The molecule has 3 N–H and O–H groups in total. The number of anilines is 1. The number of carbonyl (C=O) groups excluding carboxylic acids is 1. The lowest BCUT2D eigenvalue weighted by Gasteiger charge is -2.07. The standard InChI is InChI=1S/C13H12BrN3O/c14-11-4-9(6-16-8-11)7-17-12-3-1-2-10(5-12)13(15)18/h1-6,8,17H,7H2,(H2,15,18). The summed E-state index contributed by atoms with van der Waals surface area (Å²) in [6.07, 6.45) is 3.52. The first-order valence-corrected chi connectivity index (χ1v) is 6.17. The predicted molar refractivity (Wildman–Crippen MR) is 74.2 cm³/mol. The molecule has 5 heteroatoms. The van der Waals surface area contributed by atoms with E-state index in [1.807, 2.05) is 12.1 Å². The molecule has 0 unspecified atom stereocenters. The second kappa shape index (κ2) is 5.64. The fraction of sp³-hybridized carbons (Fsp3) is 0.0769. The van der Waals surface area contributed by atoms with Crippen LogP contribution in [0.2, 0.25) is 0 Å². The third kappa shape index (κ3) is 3.30. The number of aromatic nitrogens is 1. The van der Waals surface area contributed by atoms with Crippen molar-refractivity contribution in [3.05, 3.63) is 58.3 Å². The highest BCUT2D eigenvalue weighted by molar-refractivity contribution is 9.10. The number of rotatable bonds is 4.